The second kappa shape index (κ2) is 10.1. The maximum atomic E-state index is 12.9. The highest BCUT2D eigenvalue weighted by Gasteiger charge is 2.28. The Kier molecular flexibility index (Phi) is 7.73. The average Bonchev–Trinajstić information content (AvgIpc) is 2.73. The summed E-state index contributed by atoms with van der Waals surface area (Å²) in [5, 5.41) is 3.36. The van der Waals surface area contributed by atoms with E-state index < -0.39 is 15.9 Å². The summed E-state index contributed by atoms with van der Waals surface area (Å²) in [5.74, 6) is 0.723. The fraction of sp³-hybridized carbons (Fsp3) is 0.450. The SMILES string of the molecule is CCCSc1ncc(Cl)c(C(=O)Nc2ccc(S(=O)(=O)N3CCC[C@H](C)C3)cc2)n1. The van der Waals surface area contributed by atoms with Crippen molar-refractivity contribution < 1.29 is 13.2 Å². The quantitative estimate of drug-likeness (QED) is 0.481. The monoisotopic (exact) mass is 468 g/mol. The molecule has 30 heavy (non-hydrogen) atoms. The van der Waals surface area contributed by atoms with Crippen LogP contribution in [0.1, 0.15) is 43.6 Å². The molecule has 1 amide bonds. The molecule has 10 heteroatoms. The molecule has 1 aliphatic heterocycles. The topological polar surface area (TPSA) is 92.3 Å². The lowest BCUT2D eigenvalue weighted by Crippen LogP contribution is -2.39. The first-order chi connectivity index (χ1) is 14.3. The number of thioether (sulfide) groups is 1. The van der Waals surface area contributed by atoms with Crippen LogP contribution in [0.15, 0.2) is 40.5 Å². The molecule has 2 aromatic rings. The highest BCUT2D eigenvalue weighted by Crippen LogP contribution is 2.25. The Hall–Kier alpha value is -1.68. The number of anilines is 1. The number of aromatic nitrogens is 2. The molecule has 0 bridgehead atoms. The molecular weight excluding hydrogens is 444 g/mol. The number of amides is 1. The van der Waals surface area contributed by atoms with Crippen molar-refractivity contribution in [3.8, 4) is 0 Å². The van der Waals surface area contributed by atoms with Gasteiger partial charge in [-0.15, -0.1) is 0 Å². The van der Waals surface area contributed by atoms with Crippen LogP contribution in [0.2, 0.25) is 5.02 Å². The maximum Gasteiger partial charge on any atom is 0.275 e. The van der Waals surface area contributed by atoms with Crippen molar-refractivity contribution in [2.75, 3.05) is 24.2 Å². The number of benzene rings is 1. The molecule has 0 radical (unpaired) electrons. The van der Waals surface area contributed by atoms with Crippen LogP contribution in [0.25, 0.3) is 0 Å². The number of nitrogens with zero attached hydrogens (tertiary/aromatic N) is 3. The summed E-state index contributed by atoms with van der Waals surface area (Å²) in [7, 11) is -3.54. The second-order valence-electron chi connectivity index (χ2n) is 7.29. The van der Waals surface area contributed by atoms with E-state index in [1.807, 2.05) is 6.92 Å². The lowest BCUT2D eigenvalue weighted by Gasteiger charge is -2.30. The van der Waals surface area contributed by atoms with E-state index >= 15 is 0 Å². The van der Waals surface area contributed by atoms with Crippen LogP contribution >= 0.6 is 23.4 Å². The van der Waals surface area contributed by atoms with Crippen molar-refractivity contribution in [1.29, 1.82) is 0 Å². The molecule has 0 aliphatic carbocycles. The number of carbonyl (C=O) groups excluding carboxylic acids is 1. The van der Waals surface area contributed by atoms with Gasteiger partial charge < -0.3 is 5.32 Å². The Morgan fingerprint density at radius 3 is 2.73 bits per heavy atom. The van der Waals surface area contributed by atoms with E-state index in [1.54, 1.807) is 12.1 Å². The minimum Gasteiger partial charge on any atom is -0.321 e. The Bertz CT molecular complexity index is 1000. The van der Waals surface area contributed by atoms with Crippen molar-refractivity contribution in [3.63, 3.8) is 0 Å². The van der Waals surface area contributed by atoms with Gasteiger partial charge in [-0.25, -0.2) is 18.4 Å². The van der Waals surface area contributed by atoms with Gasteiger partial charge >= 0.3 is 0 Å². The van der Waals surface area contributed by atoms with Gasteiger partial charge in [0.1, 0.15) is 0 Å². The standard InChI is InChI=1S/C20H25ClN4O3S2/c1-3-11-29-20-22-12-17(21)18(24-20)19(26)23-15-6-8-16(9-7-15)30(27,28)25-10-4-5-14(2)13-25/h6-9,12,14H,3-5,10-11,13H2,1-2H3,(H,23,26)/t14-/m0/s1. The first kappa shape index (κ1) is 23.0. The van der Waals surface area contributed by atoms with Crippen molar-refractivity contribution in [1.82, 2.24) is 14.3 Å². The maximum absolute atomic E-state index is 12.9. The third-order valence-electron chi connectivity index (χ3n) is 4.74. The van der Waals surface area contributed by atoms with E-state index in [2.05, 4.69) is 22.2 Å². The molecule has 0 unspecified atom stereocenters. The minimum atomic E-state index is -3.54. The Balaban J connectivity index is 1.72. The smallest absolute Gasteiger partial charge is 0.275 e. The molecule has 1 N–H and O–H groups in total. The third-order valence-corrected chi connectivity index (χ3v) is 7.97. The third kappa shape index (κ3) is 5.51. The Labute approximate surface area is 186 Å². The predicted molar refractivity (Wildman–Crippen MR) is 120 cm³/mol. The normalized spacial score (nSPS) is 17.6. The van der Waals surface area contributed by atoms with Crippen molar-refractivity contribution in [3.05, 3.63) is 41.2 Å². The van der Waals surface area contributed by atoms with Crippen LogP contribution in [-0.2, 0) is 10.0 Å². The molecule has 0 saturated carbocycles. The molecule has 1 fully saturated rings. The molecule has 1 atom stereocenters. The lowest BCUT2D eigenvalue weighted by molar-refractivity contribution is 0.102. The van der Waals surface area contributed by atoms with E-state index in [0.29, 0.717) is 29.9 Å². The number of nitrogens with one attached hydrogen (secondary N) is 1. The zero-order valence-corrected chi connectivity index (χ0v) is 19.4. The first-order valence-electron chi connectivity index (χ1n) is 9.88. The molecule has 1 saturated heterocycles. The van der Waals surface area contributed by atoms with Gasteiger partial charge in [0.05, 0.1) is 16.1 Å². The fourth-order valence-corrected chi connectivity index (χ4v) is 5.63. The van der Waals surface area contributed by atoms with Gasteiger partial charge in [-0.2, -0.15) is 4.31 Å². The van der Waals surface area contributed by atoms with Crippen LogP contribution < -0.4 is 5.32 Å². The molecule has 1 aromatic carbocycles. The highest BCUT2D eigenvalue weighted by atomic mass is 35.5. The molecule has 1 aliphatic rings. The molecule has 2 heterocycles. The van der Waals surface area contributed by atoms with Crippen molar-refractivity contribution in [2.45, 2.75) is 43.2 Å². The van der Waals surface area contributed by atoms with Crippen LogP contribution in [0, 0.1) is 5.92 Å². The van der Waals surface area contributed by atoms with Crippen LogP contribution in [0.5, 0.6) is 0 Å². The summed E-state index contributed by atoms with van der Waals surface area (Å²) in [6, 6.07) is 6.16. The van der Waals surface area contributed by atoms with Crippen LogP contribution in [0.4, 0.5) is 5.69 Å². The molecule has 0 spiro atoms. The average molecular weight is 469 g/mol. The van der Waals surface area contributed by atoms with Gasteiger partial charge in [0.25, 0.3) is 5.91 Å². The lowest BCUT2D eigenvalue weighted by atomic mass is 10.0. The van der Waals surface area contributed by atoms with Crippen LogP contribution in [-0.4, -0.2) is 47.4 Å². The van der Waals surface area contributed by atoms with Gasteiger partial charge in [-0.1, -0.05) is 37.2 Å². The fourth-order valence-electron chi connectivity index (χ4n) is 3.19. The molecule has 7 nitrogen and oxygen atoms in total. The first-order valence-corrected chi connectivity index (χ1v) is 12.7. The van der Waals surface area contributed by atoms with Crippen molar-refractivity contribution >= 4 is 45.0 Å². The number of hydrogen-bond acceptors (Lipinski definition) is 6. The summed E-state index contributed by atoms with van der Waals surface area (Å²) >= 11 is 7.55. The number of hydrogen-bond donors (Lipinski definition) is 1. The predicted octanol–water partition coefficient (Wildman–Crippen LogP) is 4.31. The number of carbonyl (C=O) groups is 1. The van der Waals surface area contributed by atoms with Crippen molar-refractivity contribution in [2.24, 2.45) is 5.92 Å². The van der Waals surface area contributed by atoms with E-state index in [4.69, 9.17) is 11.6 Å². The number of piperidine rings is 1. The number of sulfonamides is 1. The Morgan fingerprint density at radius 1 is 1.33 bits per heavy atom. The molecule has 1 aromatic heterocycles. The van der Waals surface area contributed by atoms with Gasteiger partial charge in [-0.05, 0) is 49.4 Å². The summed E-state index contributed by atoms with van der Waals surface area (Å²) in [6.45, 7) is 5.18. The summed E-state index contributed by atoms with van der Waals surface area (Å²) in [4.78, 5) is 21.2. The zero-order valence-electron chi connectivity index (χ0n) is 17.0. The highest BCUT2D eigenvalue weighted by molar-refractivity contribution is 7.99. The van der Waals surface area contributed by atoms with E-state index in [0.717, 1.165) is 25.0 Å². The summed E-state index contributed by atoms with van der Waals surface area (Å²) in [5.41, 5.74) is 0.549. The number of halogens is 1. The largest absolute Gasteiger partial charge is 0.321 e. The van der Waals surface area contributed by atoms with Gasteiger partial charge in [0, 0.05) is 24.5 Å². The minimum absolute atomic E-state index is 0.0873. The Morgan fingerprint density at radius 2 is 2.07 bits per heavy atom. The van der Waals surface area contributed by atoms with E-state index in [1.165, 1.54) is 34.4 Å². The summed E-state index contributed by atoms with van der Waals surface area (Å²) < 4.78 is 27.2. The zero-order chi connectivity index (χ0) is 21.7. The van der Waals surface area contributed by atoms with Gasteiger partial charge in [-0.3, -0.25) is 4.79 Å². The van der Waals surface area contributed by atoms with E-state index in [9.17, 15) is 13.2 Å². The molecule has 3 rings (SSSR count). The van der Waals surface area contributed by atoms with Gasteiger partial charge in [0.15, 0.2) is 10.9 Å². The number of rotatable bonds is 7. The van der Waals surface area contributed by atoms with Gasteiger partial charge in [0.2, 0.25) is 10.0 Å². The van der Waals surface area contributed by atoms with E-state index in [-0.39, 0.29) is 15.6 Å². The molecular formula is C20H25ClN4O3S2. The summed E-state index contributed by atoms with van der Waals surface area (Å²) in [6.07, 6.45) is 4.29. The van der Waals surface area contributed by atoms with Crippen LogP contribution in [0.3, 0.4) is 0 Å². The molecule has 162 valence electrons. The second-order valence-corrected chi connectivity index (χ2v) is 10.7.